The molecule has 1 unspecified atom stereocenters. The highest BCUT2D eigenvalue weighted by atomic mass is 19.1. The van der Waals surface area contributed by atoms with Crippen LogP contribution in [0.3, 0.4) is 0 Å². The zero-order valence-corrected chi connectivity index (χ0v) is 17.7. The van der Waals surface area contributed by atoms with Crippen molar-refractivity contribution in [2.24, 2.45) is 0 Å². The van der Waals surface area contributed by atoms with E-state index in [1.54, 1.807) is 37.5 Å². The number of unbranched alkanes of at least 4 members (excludes halogenated alkanes) is 1. The highest BCUT2D eigenvalue weighted by Crippen LogP contribution is 2.27. The quantitative estimate of drug-likeness (QED) is 0.320. The predicted molar refractivity (Wildman–Crippen MR) is 123 cm³/mol. The number of nitrogens with zero attached hydrogens (tertiary/aromatic N) is 2. The van der Waals surface area contributed by atoms with E-state index < -0.39 is 0 Å². The lowest BCUT2D eigenvalue weighted by atomic mass is 10.0. The van der Waals surface area contributed by atoms with Crippen molar-refractivity contribution in [3.63, 3.8) is 0 Å². The number of halogens is 1. The van der Waals surface area contributed by atoms with Gasteiger partial charge < -0.3 is 9.84 Å². The molecule has 0 amide bonds. The maximum absolute atomic E-state index is 14.7. The van der Waals surface area contributed by atoms with Gasteiger partial charge in [-0.25, -0.2) is 14.4 Å². The molecule has 3 rings (SSSR count). The third kappa shape index (κ3) is 6.59. The summed E-state index contributed by atoms with van der Waals surface area (Å²) in [5, 5.41) is 9.28. The minimum absolute atomic E-state index is 0.265. The second kappa shape index (κ2) is 11.2. The number of ether oxygens (including phenoxy) is 1. The highest BCUT2D eigenvalue weighted by Gasteiger charge is 2.07. The number of hydrogen-bond donors (Lipinski definition) is 1. The molecule has 5 heteroatoms. The Balaban J connectivity index is 1.66. The fourth-order valence-electron chi connectivity index (χ4n) is 3.11. The van der Waals surface area contributed by atoms with Crippen molar-refractivity contribution in [2.75, 3.05) is 6.61 Å². The monoisotopic (exact) mass is 418 g/mol. The topological polar surface area (TPSA) is 55.2 Å². The first-order valence-electron chi connectivity index (χ1n) is 10.4. The average molecular weight is 419 g/mol. The van der Waals surface area contributed by atoms with E-state index in [1.165, 1.54) is 0 Å². The standard InChI is InChI=1S/C26H27FN2O2/c1-3-15-31-23-17-28-26(29-18-23)22-12-10-21(11-13-22)24-14-9-20(16-25(24)27)8-6-4-5-7-19(2)30/h3,6,8-14,16-19,30H,1,4-5,7,15H2,2H3. The second-order valence-electron chi connectivity index (χ2n) is 7.34. The summed E-state index contributed by atoms with van der Waals surface area (Å²) in [5.74, 6) is 0.896. The van der Waals surface area contributed by atoms with Gasteiger partial charge in [-0.1, -0.05) is 61.2 Å². The third-order valence-corrected chi connectivity index (χ3v) is 4.75. The van der Waals surface area contributed by atoms with Crippen LogP contribution < -0.4 is 4.74 Å². The van der Waals surface area contributed by atoms with Crippen molar-refractivity contribution in [1.29, 1.82) is 0 Å². The molecular weight excluding hydrogens is 391 g/mol. The molecule has 0 saturated carbocycles. The molecule has 0 aliphatic rings. The van der Waals surface area contributed by atoms with Crippen LogP contribution in [0.15, 0.2) is 73.6 Å². The van der Waals surface area contributed by atoms with Gasteiger partial charge in [0.15, 0.2) is 11.6 Å². The maximum Gasteiger partial charge on any atom is 0.159 e. The van der Waals surface area contributed by atoms with Crippen LogP contribution in [-0.4, -0.2) is 27.8 Å². The SMILES string of the molecule is C=CCOc1cnc(-c2ccc(-c3ccc(C=CCCCC(C)O)cc3F)cc2)nc1. The molecule has 3 aromatic rings. The number of rotatable bonds is 10. The Morgan fingerprint density at radius 2 is 1.81 bits per heavy atom. The third-order valence-electron chi connectivity index (χ3n) is 4.75. The molecule has 1 N–H and O–H groups in total. The summed E-state index contributed by atoms with van der Waals surface area (Å²) in [6.45, 7) is 5.80. The van der Waals surface area contributed by atoms with Crippen molar-refractivity contribution in [1.82, 2.24) is 9.97 Å². The number of allylic oxidation sites excluding steroid dienone is 1. The van der Waals surface area contributed by atoms with Crippen LogP contribution in [0.25, 0.3) is 28.6 Å². The maximum atomic E-state index is 14.7. The van der Waals surface area contributed by atoms with Crippen molar-refractivity contribution >= 4 is 6.08 Å². The molecule has 0 saturated heterocycles. The highest BCUT2D eigenvalue weighted by molar-refractivity contribution is 5.69. The van der Waals surface area contributed by atoms with E-state index in [0.29, 0.717) is 23.7 Å². The molecule has 0 spiro atoms. The minimum atomic E-state index is -0.279. The Hall–Kier alpha value is -3.31. The lowest BCUT2D eigenvalue weighted by Crippen LogP contribution is -1.97. The molecule has 31 heavy (non-hydrogen) atoms. The molecule has 2 aromatic carbocycles. The Morgan fingerprint density at radius 1 is 1.10 bits per heavy atom. The first-order valence-corrected chi connectivity index (χ1v) is 10.4. The van der Waals surface area contributed by atoms with Crippen molar-refractivity contribution in [3.8, 4) is 28.3 Å². The molecule has 0 aliphatic heterocycles. The van der Waals surface area contributed by atoms with Crippen molar-refractivity contribution in [2.45, 2.75) is 32.3 Å². The molecule has 1 aromatic heterocycles. The lowest BCUT2D eigenvalue weighted by Gasteiger charge is -2.07. The number of aliphatic hydroxyl groups excluding tert-OH is 1. The second-order valence-corrected chi connectivity index (χ2v) is 7.34. The van der Waals surface area contributed by atoms with Gasteiger partial charge in [0.2, 0.25) is 0 Å². The van der Waals surface area contributed by atoms with Gasteiger partial charge in [0.05, 0.1) is 18.5 Å². The van der Waals surface area contributed by atoms with E-state index in [0.717, 1.165) is 36.0 Å². The van der Waals surface area contributed by atoms with Crippen LogP contribution in [-0.2, 0) is 0 Å². The molecular formula is C26H27FN2O2. The fourth-order valence-corrected chi connectivity index (χ4v) is 3.11. The van der Waals surface area contributed by atoms with Crippen LogP contribution in [0.2, 0.25) is 0 Å². The van der Waals surface area contributed by atoms with Crippen molar-refractivity contribution < 1.29 is 14.2 Å². The van der Waals surface area contributed by atoms with Crippen LogP contribution in [0.5, 0.6) is 5.75 Å². The number of hydrogen-bond acceptors (Lipinski definition) is 4. The molecule has 4 nitrogen and oxygen atoms in total. The van der Waals surface area contributed by atoms with Gasteiger partial charge in [-0.3, -0.25) is 0 Å². The Kier molecular flexibility index (Phi) is 8.07. The van der Waals surface area contributed by atoms with Gasteiger partial charge in [0.25, 0.3) is 0 Å². The summed E-state index contributed by atoms with van der Waals surface area (Å²) in [6, 6.07) is 12.7. The smallest absolute Gasteiger partial charge is 0.159 e. The number of aromatic nitrogens is 2. The molecule has 0 fully saturated rings. The first kappa shape index (κ1) is 22.4. The summed E-state index contributed by atoms with van der Waals surface area (Å²) >= 11 is 0. The van der Waals surface area contributed by atoms with Gasteiger partial charge in [0.1, 0.15) is 12.4 Å². The van der Waals surface area contributed by atoms with E-state index in [2.05, 4.69) is 16.5 Å². The zero-order valence-electron chi connectivity index (χ0n) is 17.7. The molecule has 1 atom stereocenters. The predicted octanol–water partition coefficient (Wildman–Crippen LogP) is 6.08. The number of aliphatic hydroxyl groups is 1. The summed E-state index contributed by atoms with van der Waals surface area (Å²) in [4.78, 5) is 8.64. The molecule has 1 heterocycles. The summed E-state index contributed by atoms with van der Waals surface area (Å²) in [5.41, 5.74) is 3.00. The van der Waals surface area contributed by atoms with Crippen molar-refractivity contribution in [3.05, 3.63) is 85.0 Å². The first-order chi connectivity index (χ1) is 15.1. The lowest BCUT2D eigenvalue weighted by molar-refractivity contribution is 0.182. The molecule has 0 bridgehead atoms. The molecule has 0 aliphatic carbocycles. The van der Waals surface area contributed by atoms with Gasteiger partial charge in [-0.05, 0) is 43.4 Å². The molecule has 0 radical (unpaired) electrons. The summed E-state index contributed by atoms with van der Waals surface area (Å²) in [6.07, 6.45) is 11.1. The Labute approximate surface area is 182 Å². The van der Waals surface area contributed by atoms with E-state index in [-0.39, 0.29) is 11.9 Å². The normalized spacial score (nSPS) is 12.1. The van der Waals surface area contributed by atoms with Crippen LogP contribution in [0, 0.1) is 5.82 Å². The largest absolute Gasteiger partial charge is 0.486 e. The Bertz CT molecular complexity index is 1010. The van der Waals surface area contributed by atoms with E-state index in [1.807, 2.05) is 42.5 Å². The molecule has 160 valence electrons. The van der Waals surface area contributed by atoms with Crippen LogP contribution in [0.1, 0.15) is 31.7 Å². The van der Waals surface area contributed by atoms with Gasteiger partial charge in [0, 0.05) is 11.1 Å². The minimum Gasteiger partial charge on any atom is -0.486 e. The van der Waals surface area contributed by atoms with Crippen LogP contribution >= 0.6 is 0 Å². The summed E-state index contributed by atoms with van der Waals surface area (Å²) in [7, 11) is 0. The number of benzene rings is 2. The zero-order chi connectivity index (χ0) is 22.1. The Morgan fingerprint density at radius 3 is 2.45 bits per heavy atom. The summed E-state index contributed by atoms with van der Waals surface area (Å²) < 4.78 is 20.1. The van der Waals surface area contributed by atoms with E-state index >= 15 is 0 Å². The van der Waals surface area contributed by atoms with Crippen LogP contribution in [0.4, 0.5) is 4.39 Å². The fraction of sp³-hybridized carbons (Fsp3) is 0.231. The average Bonchev–Trinajstić information content (AvgIpc) is 2.78. The van der Waals surface area contributed by atoms with E-state index in [4.69, 9.17) is 4.74 Å². The van der Waals surface area contributed by atoms with Gasteiger partial charge >= 0.3 is 0 Å². The van der Waals surface area contributed by atoms with E-state index in [9.17, 15) is 9.50 Å². The van der Waals surface area contributed by atoms with Gasteiger partial charge in [-0.15, -0.1) is 0 Å². The van der Waals surface area contributed by atoms with Gasteiger partial charge in [-0.2, -0.15) is 0 Å².